The van der Waals surface area contributed by atoms with Crippen molar-refractivity contribution in [2.75, 3.05) is 0 Å². The molecule has 0 aliphatic heterocycles. The Morgan fingerprint density at radius 2 is 1.85 bits per heavy atom. The van der Waals surface area contributed by atoms with Gasteiger partial charge in [0, 0.05) is 4.78 Å². The molecule has 1 aromatic carbocycles. The number of thiophene rings is 1. The molecule has 2 N–H and O–H groups in total. The summed E-state index contributed by atoms with van der Waals surface area (Å²) in [6.45, 7) is 0. The van der Waals surface area contributed by atoms with Gasteiger partial charge in [0.2, 0.25) is 5.89 Å². The summed E-state index contributed by atoms with van der Waals surface area (Å²) in [5, 5.41) is 26.2. The zero-order valence-electron chi connectivity index (χ0n) is 10.4. The van der Waals surface area contributed by atoms with Gasteiger partial charge in [-0.15, -0.1) is 21.5 Å². The third-order valence-corrected chi connectivity index (χ3v) is 3.87. The predicted molar refractivity (Wildman–Crippen MR) is 76.7 cm³/mol. The first-order valence-corrected chi connectivity index (χ1v) is 6.86. The van der Waals surface area contributed by atoms with Crippen LogP contribution in [-0.4, -0.2) is 27.4 Å². The van der Waals surface area contributed by atoms with Crippen molar-refractivity contribution in [3.05, 3.63) is 53.9 Å². The molecule has 0 radical (unpaired) electrons. The van der Waals surface area contributed by atoms with Crippen molar-refractivity contribution in [1.29, 1.82) is 0 Å². The highest BCUT2D eigenvalue weighted by Crippen LogP contribution is 2.22. The van der Waals surface area contributed by atoms with Crippen LogP contribution in [0.3, 0.4) is 0 Å². The summed E-state index contributed by atoms with van der Waals surface area (Å²) in [5.74, 6) is 0.929. The molecule has 0 aliphatic carbocycles. The molecule has 0 saturated heterocycles. The summed E-state index contributed by atoms with van der Waals surface area (Å²) in [5.41, 5.74) is 1.10. The Morgan fingerprint density at radius 1 is 1.05 bits per heavy atom. The number of rotatable bonds is 4. The minimum Gasteiger partial charge on any atom is -0.423 e. The molecule has 3 aromatic rings. The van der Waals surface area contributed by atoms with E-state index < -0.39 is 7.12 Å². The molecule has 0 bridgehead atoms. The fourth-order valence-electron chi connectivity index (χ4n) is 1.80. The molecule has 100 valence electrons. The zero-order valence-corrected chi connectivity index (χ0v) is 11.2. The van der Waals surface area contributed by atoms with Crippen LogP contribution in [0.1, 0.15) is 11.5 Å². The second-order valence-corrected chi connectivity index (χ2v) is 5.35. The molecule has 0 fully saturated rings. The van der Waals surface area contributed by atoms with Gasteiger partial charge in [0.25, 0.3) is 5.89 Å². The normalized spacial score (nSPS) is 10.7. The number of hydrogen-bond donors (Lipinski definition) is 2. The lowest BCUT2D eigenvalue weighted by Gasteiger charge is -1.94. The second-order valence-electron chi connectivity index (χ2n) is 4.24. The van der Waals surface area contributed by atoms with Gasteiger partial charge in [-0.1, -0.05) is 36.4 Å². The van der Waals surface area contributed by atoms with Crippen molar-refractivity contribution in [2.45, 2.75) is 6.42 Å². The van der Waals surface area contributed by atoms with Crippen LogP contribution in [0.25, 0.3) is 10.8 Å². The molecule has 20 heavy (non-hydrogen) atoms. The van der Waals surface area contributed by atoms with E-state index in [1.165, 1.54) is 11.3 Å². The van der Waals surface area contributed by atoms with Crippen molar-refractivity contribution in [2.24, 2.45) is 0 Å². The monoisotopic (exact) mass is 286 g/mol. The van der Waals surface area contributed by atoms with Crippen LogP contribution >= 0.6 is 11.3 Å². The smallest absolute Gasteiger partial charge is 0.423 e. The average Bonchev–Trinajstić information content (AvgIpc) is 3.08. The predicted octanol–water partition coefficient (Wildman–Crippen LogP) is 1.07. The van der Waals surface area contributed by atoms with E-state index in [9.17, 15) is 0 Å². The summed E-state index contributed by atoms with van der Waals surface area (Å²) in [6, 6.07) is 13.2. The summed E-state index contributed by atoms with van der Waals surface area (Å²) >= 11 is 1.22. The molecule has 3 rings (SSSR count). The molecule has 0 saturated carbocycles. The lowest BCUT2D eigenvalue weighted by Crippen LogP contribution is -2.26. The van der Waals surface area contributed by atoms with Gasteiger partial charge in [-0.2, -0.15) is 0 Å². The van der Waals surface area contributed by atoms with Crippen LogP contribution < -0.4 is 4.78 Å². The second kappa shape index (κ2) is 5.58. The average molecular weight is 286 g/mol. The Labute approximate surface area is 119 Å². The Balaban J connectivity index is 1.79. The Kier molecular flexibility index (Phi) is 3.64. The van der Waals surface area contributed by atoms with Crippen molar-refractivity contribution in [3.63, 3.8) is 0 Å². The van der Waals surface area contributed by atoms with Crippen LogP contribution in [0, 0.1) is 0 Å². The van der Waals surface area contributed by atoms with Crippen LogP contribution in [0.4, 0.5) is 0 Å². The van der Waals surface area contributed by atoms with E-state index in [0.717, 1.165) is 10.4 Å². The fourth-order valence-corrected chi connectivity index (χ4v) is 2.60. The molecule has 7 heteroatoms. The lowest BCUT2D eigenvalue weighted by molar-refractivity contribution is 0.427. The molecule has 2 heterocycles. The van der Waals surface area contributed by atoms with E-state index >= 15 is 0 Å². The molecule has 0 spiro atoms. The van der Waals surface area contributed by atoms with Crippen LogP contribution in [0.2, 0.25) is 0 Å². The number of benzene rings is 1. The van der Waals surface area contributed by atoms with Crippen molar-refractivity contribution in [1.82, 2.24) is 10.2 Å². The SMILES string of the molecule is OB(O)c1ccc(-c2nnc(Cc3ccccc3)o2)s1. The number of aromatic nitrogens is 2. The van der Waals surface area contributed by atoms with Gasteiger partial charge < -0.3 is 14.5 Å². The van der Waals surface area contributed by atoms with E-state index in [2.05, 4.69) is 10.2 Å². The van der Waals surface area contributed by atoms with Crippen molar-refractivity contribution in [3.8, 4) is 10.8 Å². The minimum absolute atomic E-state index is 0.396. The van der Waals surface area contributed by atoms with Crippen molar-refractivity contribution < 1.29 is 14.5 Å². The van der Waals surface area contributed by atoms with Crippen LogP contribution in [-0.2, 0) is 6.42 Å². The number of hydrogen-bond acceptors (Lipinski definition) is 6. The summed E-state index contributed by atoms with van der Waals surface area (Å²) in [7, 11) is -1.47. The molecule has 5 nitrogen and oxygen atoms in total. The van der Waals surface area contributed by atoms with Gasteiger partial charge in [0.1, 0.15) is 0 Å². The topological polar surface area (TPSA) is 79.4 Å². The zero-order chi connectivity index (χ0) is 13.9. The third-order valence-electron chi connectivity index (χ3n) is 2.76. The Bertz CT molecular complexity index is 696. The summed E-state index contributed by atoms with van der Waals surface area (Å²) in [4.78, 5) is 0.722. The van der Waals surface area contributed by atoms with Gasteiger partial charge in [-0.05, 0) is 11.6 Å². The van der Waals surface area contributed by atoms with E-state index in [0.29, 0.717) is 23.0 Å². The third kappa shape index (κ3) is 2.80. The van der Waals surface area contributed by atoms with E-state index in [-0.39, 0.29) is 0 Å². The number of nitrogens with zero attached hydrogens (tertiary/aromatic N) is 2. The molecular weight excluding hydrogens is 275 g/mol. The minimum atomic E-state index is -1.47. The largest absolute Gasteiger partial charge is 0.499 e. The first-order chi connectivity index (χ1) is 9.72. The van der Waals surface area contributed by atoms with Gasteiger partial charge in [-0.25, -0.2) is 0 Å². The maximum absolute atomic E-state index is 9.08. The molecule has 0 amide bonds. The Hall–Kier alpha value is -1.96. The first kappa shape index (κ1) is 13.0. The summed E-state index contributed by atoms with van der Waals surface area (Å²) < 4.78 is 6.04. The standard InChI is InChI=1S/C13H11BN2O3S/c17-14(18)11-7-6-10(20-11)13-16-15-12(19-13)8-9-4-2-1-3-5-9/h1-7,17-18H,8H2. The van der Waals surface area contributed by atoms with Gasteiger partial charge in [0.15, 0.2) is 0 Å². The van der Waals surface area contributed by atoms with Gasteiger partial charge in [0.05, 0.1) is 11.3 Å². The van der Waals surface area contributed by atoms with E-state index in [1.54, 1.807) is 12.1 Å². The van der Waals surface area contributed by atoms with Gasteiger partial charge in [-0.3, -0.25) is 0 Å². The highest BCUT2D eigenvalue weighted by molar-refractivity contribution is 7.24. The maximum Gasteiger partial charge on any atom is 0.499 e. The maximum atomic E-state index is 9.08. The first-order valence-electron chi connectivity index (χ1n) is 6.05. The molecule has 0 atom stereocenters. The molecule has 0 unspecified atom stereocenters. The van der Waals surface area contributed by atoms with E-state index in [4.69, 9.17) is 14.5 Å². The summed E-state index contributed by atoms with van der Waals surface area (Å²) in [6.07, 6.45) is 0.578. The van der Waals surface area contributed by atoms with Crippen molar-refractivity contribution >= 4 is 23.2 Å². The van der Waals surface area contributed by atoms with E-state index in [1.807, 2.05) is 30.3 Å². The van der Waals surface area contributed by atoms with Crippen LogP contribution in [0.15, 0.2) is 46.9 Å². The molecule has 2 aromatic heterocycles. The fraction of sp³-hybridized carbons (Fsp3) is 0.0769. The quantitative estimate of drug-likeness (QED) is 0.701. The van der Waals surface area contributed by atoms with Crippen LogP contribution in [0.5, 0.6) is 0 Å². The highest BCUT2D eigenvalue weighted by Gasteiger charge is 2.17. The molecule has 0 aliphatic rings. The molecular formula is C13H11BN2O3S. The Morgan fingerprint density at radius 3 is 2.55 bits per heavy atom. The lowest BCUT2D eigenvalue weighted by atomic mass is 9.90. The van der Waals surface area contributed by atoms with Gasteiger partial charge >= 0.3 is 7.12 Å². The highest BCUT2D eigenvalue weighted by atomic mass is 32.1.